The summed E-state index contributed by atoms with van der Waals surface area (Å²) >= 11 is 4.03. The zero-order chi connectivity index (χ0) is 13.9. The van der Waals surface area contributed by atoms with Gasteiger partial charge in [-0.25, -0.2) is 4.39 Å². The minimum Gasteiger partial charge on any atom is -0.368 e. The summed E-state index contributed by atoms with van der Waals surface area (Å²) in [4.78, 5) is 23.5. The van der Waals surface area contributed by atoms with Crippen LogP contribution in [0.2, 0.25) is 0 Å². The normalized spacial score (nSPS) is 12.3. The Morgan fingerprint density at radius 2 is 2.00 bits per heavy atom. The summed E-state index contributed by atoms with van der Waals surface area (Å²) in [7, 11) is 0. The first-order chi connectivity index (χ1) is 8.32. The third kappa shape index (κ3) is 3.46. The number of rotatable bonds is 4. The van der Waals surface area contributed by atoms with Crippen molar-refractivity contribution in [3.8, 4) is 0 Å². The topological polar surface area (TPSA) is 72.2 Å². The van der Waals surface area contributed by atoms with Gasteiger partial charge in [-0.3, -0.25) is 9.59 Å². The van der Waals surface area contributed by atoms with Crippen LogP contribution in [-0.2, 0) is 4.79 Å². The molecule has 3 N–H and O–H groups in total. The maximum absolute atomic E-state index is 13.5. The van der Waals surface area contributed by atoms with Gasteiger partial charge >= 0.3 is 0 Å². The van der Waals surface area contributed by atoms with Crippen molar-refractivity contribution in [3.63, 3.8) is 0 Å². The molecular formula is C12H15FN2O2S. The van der Waals surface area contributed by atoms with E-state index < -0.39 is 23.7 Å². The molecule has 1 atom stereocenters. The van der Waals surface area contributed by atoms with Crippen LogP contribution >= 0.6 is 12.6 Å². The standard InChI is InChI=1S/C12H15FN2O2S/c1-6(2)10(11(14)16)15-12(17)8-5-7(18)3-4-9(8)13/h3-6,10,18H,1-2H3,(H2,14,16)(H,15,17). The van der Waals surface area contributed by atoms with Crippen LogP contribution < -0.4 is 11.1 Å². The van der Waals surface area contributed by atoms with E-state index in [9.17, 15) is 14.0 Å². The van der Waals surface area contributed by atoms with Crippen molar-refractivity contribution >= 4 is 24.4 Å². The van der Waals surface area contributed by atoms with Gasteiger partial charge in [0.25, 0.3) is 5.91 Å². The van der Waals surface area contributed by atoms with E-state index in [4.69, 9.17) is 5.73 Å². The van der Waals surface area contributed by atoms with E-state index in [2.05, 4.69) is 17.9 Å². The van der Waals surface area contributed by atoms with Crippen molar-refractivity contribution in [2.24, 2.45) is 11.7 Å². The van der Waals surface area contributed by atoms with Crippen LogP contribution in [0.3, 0.4) is 0 Å². The van der Waals surface area contributed by atoms with Gasteiger partial charge in [-0.2, -0.15) is 0 Å². The van der Waals surface area contributed by atoms with Crippen molar-refractivity contribution in [1.82, 2.24) is 5.32 Å². The van der Waals surface area contributed by atoms with E-state index in [0.717, 1.165) is 6.07 Å². The minimum absolute atomic E-state index is 0.158. The molecule has 0 bridgehead atoms. The molecule has 2 amide bonds. The molecule has 0 aliphatic rings. The number of primary amides is 1. The van der Waals surface area contributed by atoms with Gasteiger partial charge < -0.3 is 11.1 Å². The predicted molar refractivity (Wildman–Crippen MR) is 68.9 cm³/mol. The summed E-state index contributed by atoms with van der Waals surface area (Å²) < 4.78 is 13.5. The highest BCUT2D eigenvalue weighted by atomic mass is 32.1. The Balaban J connectivity index is 2.94. The highest BCUT2D eigenvalue weighted by Crippen LogP contribution is 2.14. The number of benzene rings is 1. The fraction of sp³-hybridized carbons (Fsp3) is 0.333. The zero-order valence-electron chi connectivity index (χ0n) is 10.1. The number of hydrogen-bond acceptors (Lipinski definition) is 3. The molecule has 1 unspecified atom stereocenters. The maximum Gasteiger partial charge on any atom is 0.254 e. The number of carbonyl (C=O) groups is 2. The fourth-order valence-electron chi connectivity index (χ4n) is 1.47. The third-order valence-corrected chi connectivity index (χ3v) is 2.73. The second-order valence-electron chi connectivity index (χ2n) is 4.26. The van der Waals surface area contributed by atoms with Crippen LogP contribution in [0.15, 0.2) is 23.1 Å². The second kappa shape index (κ2) is 5.86. The van der Waals surface area contributed by atoms with Gasteiger partial charge in [-0.15, -0.1) is 12.6 Å². The first kappa shape index (κ1) is 14.5. The van der Waals surface area contributed by atoms with Crippen molar-refractivity contribution < 1.29 is 14.0 Å². The molecule has 0 aromatic heterocycles. The van der Waals surface area contributed by atoms with E-state index in [1.165, 1.54) is 12.1 Å². The minimum atomic E-state index is -0.833. The Bertz CT molecular complexity index is 477. The summed E-state index contributed by atoms with van der Waals surface area (Å²) in [6.07, 6.45) is 0. The number of thiol groups is 1. The summed E-state index contributed by atoms with van der Waals surface area (Å²) in [6, 6.07) is 3.04. The molecule has 0 aliphatic heterocycles. The first-order valence-electron chi connectivity index (χ1n) is 5.41. The van der Waals surface area contributed by atoms with E-state index in [-0.39, 0.29) is 11.5 Å². The van der Waals surface area contributed by atoms with Gasteiger partial charge in [0.2, 0.25) is 5.91 Å². The molecule has 98 valence electrons. The molecule has 0 saturated carbocycles. The quantitative estimate of drug-likeness (QED) is 0.723. The first-order valence-corrected chi connectivity index (χ1v) is 5.86. The number of hydrogen-bond donors (Lipinski definition) is 3. The highest BCUT2D eigenvalue weighted by Gasteiger charge is 2.23. The molecular weight excluding hydrogens is 255 g/mol. The molecule has 1 aromatic rings. The number of nitrogens with one attached hydrogen (secondary N) is 1. The molecule has 0 fully saturated rings. The van der Waals surface area contributed by atoms with Crippen LogP contribution in [-0.4, -0.2) is 17.9 Å². The monoisotopic (exact) mass is 270 g/mol. The van der Waals surface area contributed by atoms with E-state index >= 15 is 0 Å². The number of halogens is 1. The van der Waals surface area contributed by atoms with E-state index in [1.54, 1.807) is 13.8 Å². The lowest BCUT2D eigenvalue weighted by Crippen LogP contribution is -2.47. The zero-order valence-corrected chi connectivity index (χ0v) is 11.0. The van der Waals surface area contributed by atoms with Crippen LogP contribution in [0.4, 0.5) is 4.39 Å². The van der Waals surface area contributed by atoms with Crippen LogP contribution in [0.25, 0.3) is 0 Å². The van der Waals surface area contributed by atoms with E-state index in [1.807, 2.05) is 0 Å². The van der Waals surface area contributed by atoms with Crippen LogP contribution in [0, 0.1) is 11.7 Å². The molecule has 0 radical (unpaired) electrons. The maximum atomic E-state index is 13.5. The number of nitrogens with two attached hydrogens (primary N) is 1. The lowest BCUT2D eigenvalue weighted by atomic mass is 10.0. The molecule has 1 rings (SSSR count). The summed E-state index contributed by atoms with van der Waals surface area (Å²) in [5.41, 5.74) is 5.01. The third-order valence-electron chi connectivity index (χ3n) is 2.45. The fourth-order valence-corrected chi connectivity index (χ4v) is 1.68. The average Bonchev–Trinajstić information content (AvgIpc) is 2.28. The molecule has 0 spiro atoms. The van der Waals surface area contributed by atoms with Gasteiger partial charge in [0.15, 0.2) is 0 Å². The Morgan fingerprint density at radius 3 is 2.50 bits per heavy atom. The van der Waals surface area contributed by atoms with E-state index in [0.29, 0.717) is 4.90 Å². The Labute approximate surface area is 110 Å². The smallest absolute Gasteiger partial charge is 0.254 e. The van der Waals surface area contributed by atoms with Gasteiger partial charge in [0.1, 0.15) is 11.9 Å². The van der Waals surface area contributed by atoms with Crippen LogP contribution in [0.5, 0.6) is 0 Å². The Hall–Kier alpha value is -1.56. The summed E-state index contributed by atoms with van der Waals surface area (Å²) in [6.45, 7) is 3.47. The van der Waals surface area contributed by atoms with Crippen molar-refractivity contribution in [2.75, 3.05) is 0 Å². The second-order valence-corrected chi connectivity index (χ2v) is 4.78. The molecule has 6 heteroatoms. The van der Waals surface area contributed by atoms with Gasteiger partial charge in [0.05, 0.1) is 5.56 Å². The molecule has 1 aromatic carbocycles. The number of amides is 2. The predicted octanol–water partition coefficient (Wildman–Crippen LogP) is 1.35. The lowest BCUT2D eigenvalue weighted by Gasteiger charge is -2.19. The molecule has 18 heavy (non-hydrogen) atoms. The molecule has 0 heterocycles. The van der Waals surface area contributed by atoms with Crippen molar-refractivity contribution in [1.29, 1.82) is 0 Å². The van der Waals surface area contributed by atoms with Gasteiger partial charge in [-0.05, 0) is 24.1 Å². The van der Waals surface area contributed by atoms with Gasteiger partial charge in [-0.1, -0.05) is 13.8 Å². The van der Waals surface area contributed by atoms with Crippen molar-refractivity contribution in [2.45, 2.75) is 24.8 Å². The lowest BCUT2D eigenvalue weighted by molar-refractivity contribution is -0.120. The van der Waals surface area contributed by atoms with Crippen molar-refractivity contribution in [3.05, 3.63) is 29.6 Å². The molecule has 0 aliphatic carbocycles. The number of carbonyl (C=O) groups excluding carboxylic acids is 2. The average molecular weight is 270 g/mol. The molecule has 0 saturated heterocycles. The SMILES string of the molecule is CC(C)C(NC(=O)c1cc(S)ccc1F)C(N)=O. The highest BCUT2D eigenvalue weighted by molar-refractivity contribution is 7.80. The Morgan fingerprint density at radius 1 is 1.39 bits per heavy atom. The largest absolute Gasteiger partial charge is 0.368 e. The van der Waals surface area contributed by atoms with Gasteiger partial charge in [0, 0.05) is 4.90 Å². The Kier molecular flexibility index (Phi) is 4.72. The molecule has 4 nitrogen and oxygen atoms in total. The summed E-state index contributed by atoms with van der Waals surface area (Å²) in [5.74, 6) is -2.17. The summed E-state index contributed by atoms with van der Waals surface area (Å²) in [5, 5.41) is 2.41. The van der Waals surface area contributed by atoms with Crippen LogP contribution in [0.1, 0.15) is 24.2 Å².